The van der Waals surface area contributed by atoms with Crippen molar-refractivity contribution in [2.24, 2.45) is 11.3 Å². The molecule has 0 aromatic heterocycles. The Morgan fingerprint density at radius 1 is 1.27 bits per heavy atom. The number of rotatable bonds is 7. The summed E-state index contributed by atoms with van der Waals surface area (Å²) >= 11 is 0. The van der Waals surface area contributed by atoms with Crippen LogP contribution in [0.15, 0.2) is 18.2 Å². The molecule has 1 N–H and O–H groups in total. The number of nitrogens with zero attached hydrogens (tertiary/aromatic N) is 1. The van der Waals surface area contributed by atoms with E-state index in [2.05, 4.69) is 32.2 Å². The smallest absolute Gasteiger partial charge is 0.258 e. The molecular formula is C21H30N2O3. The Bertz CT molecular complexity index is 656. The summed E-state index contributed by atoms with van der Waals surface area (Å²) in [4.78, 5) is 12.2. The predicted octanol–water partition coefficient (Wildman–Crippen LogP) is 4.06. The second-order valence-electron chi connectivity index (χ2n) is 7.72. The van der Waals surface area contributed by atoms with Crippen LogP contribution in [0.25, 0.3) is 0 Å². The standard InChI is InChI=1S/C21H30N2O3/c1-5-21(2,3)16-7-9-17(10-8-16)23-20(24)14-26-18-11-6-15(13-22)12-19(18)25-4/h6,11-12,16-17H,5,7-10,14H2,1-4H3,(H,23,24). The fourth-order valence-corrected chi connectivity index (χ4v) is 3.58. The van der Waals surface area contributed by atoms with Gasteiger partial charge in [0.25, 0.3) is 5.91 Å². The molecule has 1 amide bonds. The Balaban J connectivity index is 1.81. The Morgan fingerprint density at radius 3 is 2.54 bits per heavy atom. The van der Waals surface area contributed by atoms with E-state index in [9.17, 15) is 4.79 Å². The number of hydrogen-bond donors (Lipinski definition) is 1. The van der Waals surface area contributed by atoms with Crippen LogP contribution in [0, 0.1) is 22.7 Å². The Kier molecular flexibility index (Phi) is 6.90. The highest BCUT2D eigenvalue weighted by atomic mass is 16.5. The van der Waals surface area contributed by atoms with Crippen LogP contribution in [0.2, 0.25) is 0 Å². The van der Waals surface area contributed by atoms with Gasteiger partial charge in [-0.2, -0.15) is 5.26 Å². The molecule has 1 aliphatic carbocycles. The molecule has 0 spiro atoms. The predicted molar refractivity (Wildman–Crippen MR) is 101 cm³/mol. The third kappa shape index (κ3) is 5.14. The first-order valence-corrected chi connectivity index (χ1v) is 9.40. The zero-order valence-electron chi connectivity index (χ0n) is 16.3. The van der Waals surface area contributed by atoms with Gasteiger partial charge in [0.2, 0.25) is 0 Å². The highest BCUT2D eigenvalue weighted by Crippen LogP contribution is 2.40. The molecule has 0 bridgehead atoms. The zero-order valence-corrected chi connectivity index (χ0v) is 16.3. The monoisotopic (exact) mass is 358 g/mol. The van der Waals surface area contributed by atoms with Crippen molar-refractivity contribution in [1.82, 2.24) is 5.32 Å². The second-order valence-corrected chi connectivity index (χ2v) is 7.72. The van der Waals surface area contributed by atoms with Crippen LogP contribution in [-0.4, -0.2) is 25.7 Å². The normalized spacial score (nSPS) is 20.1. The van der Waals surface area contributed by atoms with E-state index in [0.717, 1.165) is 31.6 Å². The second kappa shape index (κ2) is 8.93. The number of nitriles is 1. The minimum Gasteiger partial charge on any atom is -0.493 e. The van der Waals surface area contributed by atoms with Gasteiger partial charge in [0.05, 0.1) is 18.7 Å². The lowest BCUT2D eigenvalue weighted by Crippen LogP contribution is -2.41. The summed E-state index contributed by atoms with van der Waals surface area (Å²) in [7, 11) is 1.51. The van der Waals surface area contributed by atoms with Crippen molar-refractivity contribution in [3.63, 3.8) is 0 Å². The van der Waals surface area contributed by atoms with Crippen LogP contribution < -0.4 is 14.8 Å². The molecule has 1 saturated carbocycles. The molecule has 0 aliphatic heterocycles. The maximum absolute atomic E-state index is 12.2. The minimum absolute atomic E-state index is 0.0529. The average molecular weight is 358 g/mol. The summed E-state index contributed by atoms with van der Waals surface area (Å²) in [5, 5.41) is 12.0. The van der Waals surface area contributed by atoms with Crippen molar-refractivity contribution in [2.75, 3.05) is 13.7 Å². The van der Waals surface area contributed by atoms with Crippen LogP contribution in [0.5, 0.6) is 11.5 Å². The molecule has 5 heteroatoms. The highest BCUT2D eigenvalue weighted by Gasteiger charge is 2.32. The van der Waals surface area contributed by atoms with Gasteiger partial charge < -0.3 is 14.8 Å². The van der Waals surface area contributed by atoms with Crippen molar-refractivity contribution in [3.8, 4) is 17.6 Å². The Labute approximate surface area is 156 Å². The van der Waals surface area contributed by atoms with Crippen LogP contribution in [-0.2, 0) is 4.79 Å². The summed E-state index contributed by atoms with van der Waals surface area (Å²) in [5.74, 6) is 1.55. The molecule has 1 fully saturated rings. The van der Waals surface area contributed by atoms with Gasteiger partial charge in [0.1, 0.15) is 0 Å². The van der Waals surface area contributed by atoms with Gasteiger partial charge in [-0.15, -0.1) is 0 Å². The summed E-state index contributed by atoms with van der Waals surface area (Å²) in [5.41, 5.74) is 0.870. The van der Waals surface area contributed by atoms with Crippen molar-refractivity contribution >= 4 is 5.91 Å². The topological polar surface area (TPSA) is 71.3 Å². The molecule has 0 unspecified atom stereocenters. The molecule has 1 aromatic carbocycles. The van der Waals surface area contributed by atoms with Gasteiger partial charge in [0.15, 0.2) is 18.1 Å². The van der Waals surface area contributed by atoms with Crippen LogP contribution in [0.1, 0.15) is 58.4 Å². The average Bonchev–Trinajstić information content (AvgIpc) is 2.66. The molecule has 1 aliphatic rings. The summed E-state index contributed by atoms with van der Waals surface area (Å²) in [6.07, 6.45) is 5.57. The fraction of sp³-hybridized carbons (Fsp3) is 0.619. The van der Waals surface area contributed by atoms with Gasteiger partial charge in [-0.3, -0.25) is 4.79 Å². The molecule has 5 nitrogen and oxygen atoms in total. The van der Waals surface area contributed by atoms with E-state index in [1.54, 1.807) is 18.2 Å². The lowest BCUT2D eigenvalue weighted by atomic mass is 9.69. The van der Waals surface area contributed by atoms with E-state index in [-0.39, 0.29) is 18.6 Å². The molecule has 142 valence electrons. The summed E-state index contributed by atoms with van der Waals surface area (Å²) in [6.45, 7) is 6.88. The van der Waals surface area contributed by atoms with Crippen molar-refractivity contribution in [3.05, 3.63) is 23.8 Å². The number of carbonyl (C=O) groups excluding carboxylic acids is 1. The first kappa shape index (κ1) is 20.1. The summed E-state index contributed by atoms with van der Waals surface area (Å²) in [6, 6.07) is 7.19. The van der Waals surface area contributed by atoms with Gasteiger partial charge in [-0.25, -0.2) is 0 Å². The van der Waals surface area contributed by atoms with E-state index in [4.69, 9.17) is 14.7 Å². The molecule has 26 heavy (non-hydrogen) atoms. The minimum atomic E-state index is -0.116. The molecule has 0 atom stereocenters. The van der Waals surface area contributed by atoms with Crippen molar-refractivity contribution < 1.29 is 14.3 Å². The Hall–Kier alpha value is -2.22. The van der Waals surface area contributed by atoms with Gasteiger partial charge in [-0.1, -0.05) is 27.2 Å². The maximum Gasteiger partial charge on any atom is 0.258 e. The maximum atomic E-state index is 12.2. The molecule has 2 rings (SSSR count). The van der Waals surface area contributed by atoms with Gasteiger partial charge in [-0.05, 0) is 49.1 Å². The van der Waals surface area contributed by atoms with Crippen molar-refractivity contribution in [2.45, 2.75) is 58.9 Å². The lowest BCUT2D eigenvalue weighted by Gasteiger charge is -2.39. The van der Waals surface area contributed by atoms with Gasteiger partial charge in [0, 0.05) is 12.1 Å². The van der Waals surface area contributed by atoms with Crippen molar-refractivity contribution in [1.29, 1.82) is 5.26 Å². The molecule has 0 heterocycles. The largest absolute Gasteiger partial charge is 0.493 e. The number of hydrogen-bond acceptors (Lipinski definition) is 4. The number of ether oxygens (including phenoxy) is 2. The van der Waals surface area contributed by atoms with Gasteiger partial charge >= 0.3 is 0 Å². The van der Waals surface area contributed by atoms with E-state index >= 15 is 0 Å². The van der Waals surface area contributed by atoms with Crippen LogP contribution in [0.4, 0.5) is 0 Å². The molecule has 0 radical (unpaired) electrons. The van der Waals surface area contributed by atoms with E-state index in [0.29, 0.717) is 22.5 Å². The third-order valence-corrected chi connectivity index (χ3v) is 5.76. The first-order chi connectivity index (χ1) is 12.4. The lowest BCUT2D eigenvalue weighted by molar-refractivity contribution is -0.124. The molecular weight excluding hydrogens is 328 g/mol. The van der Waals surface area contributed by atoms with E-state index < -0.39 is 0 Å². The number of nitrogens with one attached hydrogen (secondary N) is 1. The molecule has 0 saturated heterocycles. The highest BCUT2D eigenvalue weighted by molar-refractivity contribution is 5.78. The van der Waals surface area contributed by atoms with E-state index in [1.807, 2.05) is 0 Å². The number of amides is 1. The SMILES string of the molecule is CCC(C)(C)C1CCC(NC(=O)COc2ccc(C#N)cc2OC)CC1. The van der Waals surface area contributed by atoms with Crippen LogP contribution >= 0.6 is 0 Å². The van der Waals surface area contributed by atoms with Crippen LogP contribution in [0.3, 0.4) is 0 Å². The summed E-state index contributed by atoms with van der Waals surface area (Å²) < 4.78 is 10.8. The number of benzene rings is 1. The number of carbonyl (C=O) groups is 1. The zero-order chi connectivity index (χ0) is 19.2. The first-order valence-electron chi connectivity index (χ1n) is 9.40. The third-order valence-electron chi connectivity index (χ3n) is 5.76. The fourth-order valence-electron chi connectivity index (χ4n) is 3.58. The molecule has 1 aromatic rings. The quantitative estimate of drug-likeness (QED) is 0.798. The Morgan fingerprint density at radius 2 is 1.96 bits per heavy atom. The number of methoxy groups -OCH3 is 1. The van der Waals surface area contributed by atoms with E-state index in [1.165, 1.54) is 13.5 Å².